The third-order valence-electron chi connectivity index (χ3n) is 2.81. The van der Waals surface area contributed by atoms with Crippen LogP contribution in [0.3, 0.4) is 0 Å². The minimum Gasteiger partial charge on any atom is -0.325 e. The molecule has 0 aliphatic heterocycles. The third kappa shape index (κ3) is 1.83. The van der Waals surface area contributed by atoms with Crippen molar-refractivity contribution in [2.24, 2.45) is 5.73 Å². The minimum atomic E-state index is 0.403. The van der Waals surface area contributed by atoms with Crippen molar-refractivity contribution in [1.82, 2.24) is 15.0 Å². The van der Waals surface area contributed by atoms with Crippen LogP contribution in [0.5, 0.6) is 0 Å². The molecule has 0 atom stereocenters. The summed E-state index contributed by atoms with van der Waals surface area (Å²) in [6.07, 6.45) is 3.49. The maximum atomic E-state index is 5.60. The topological polar surface area (TPSA) is 64.7 Å². The first kappa shape index (κ1) is 10.8. The maximum Gasteiger partial charge on any atom is 0.179 e. The molecule has 4 heteroatoms. The van der Waals surface area contributed by atoms with Gasteiger partial charge >= 0.3 is 0 Å². The fourth-order valence-corrected chi connectivity index (χ4v) is 1.92. The summed E-state index contributed by atoms with van der Waals surface area (Å²) < 4.78 is 0. The summed E-state index contributed by atoms with van der Waals surface area (Å²) in [4.78, 5) is 13.1. The van der Waals surface area contributed by atoms with Gasteiger partial charge in [-0.15, -0.1) is 0 Å². The Morgan fingerprint density at radius 1 is 0.944 bits per heavy atom. The summed E-state index contributed by atoms with van der Waals surface area (Å²) in [6.45, 7) is 0.403. The van der Waals surface area contributed by atoms with Gasteiger partial charge in [-0.25, -0.2) is 9.97 Å². The predicted octanol–water partition coefficient (Wildman–Crippen LogP) is 2.15. The Balaban J connectivity index is 2.24. The van der Waals surface area contributed by atoms with Crippen LogP contribution in [0.1, 0.15) is 5.69 Å². The number of hydrogen-bond donors (Lipinski definition) is 1. The summed E-state index contributed by atoms with van der Waals surface area (Å²) in [6, 6.07) is 11.9. The Morgan fingerprint density at radius 2 is 1.78 bits per heavy atom. The smallest absolute Gasteiger partial charge is 0.179 e. The highest BCUT2D eigenvalue weighted by molar-refractivity contribution is 5.92. The lowest BCUT2D eigenvalue weighted by molar-refractivity contribution is 0.966. The molecule has 0 saturated heterocycles. The summed E-state index contributed by atoms with van der Waals surface area (Å²) in [5.74, 6) is 0.620. The number of aromatic nitrogens is 3. The summed E-state index contributed by atoms with van der Waals surface area (Å²) >= 11 is 0. The standard InChI is InChI=1S/C14H12N4/c15-9-11-6-8-17-14(18-11)13-12-4-2-1-3-10(12)5-7-16-13/h1-8H,9,15H2. The molecule has 1 aromatic carbocycles. The zero-order valence-corrected chi connectivity index (χ0v) is 9.74. The zero-order valence-electron chi connectivity index (χ0n) is 9.74. The molecular formula is C14H12N4. The van der Waals surface area contributed by atoms with Crippen LogP contribution in [0.2, 0.25) is 0 Å². The van der Waals surface area contributed by atoms with Gasteiger partial charge in [0.25, 0.3) is 0 Å². The first-order chi connectivity index (χ1) is 8.88. The molecule has 0 aliphatic carbocycles. The molecule has 18 heavy (non-hydrogen) atoms. The van der Waals surface area contributed by atoms with Gasteiger partial charge in [0.2, 0.25) is 0 Å². The van der Waals surface area contributed by atoms with Crippen LogP contribution in [-0.2, 0) is 6.54 Å². The van der Waals surface area contributed by atoms with Gasteiger partial charge in [0.15, 0.2) is 5.82 Å². The SMILES string of the molecule is NCc1ccnc(-c2nccc3ccccc23)n1. The predicted molar refractivity (Wildman–Crippen MR) is 70.7 cm³/mol. The molecule has 0 aliphatic rings. The van der Waals surface area contributed by atoms with Crippen LogP contribution in [0.15, 0.2) is 48.8 Å². The van der Waals surface area contributed by atoms with E-state index in [9.17, 15) is 0 Å². The second-order valence-electron chi connectivity index (χ2n) is 3.96. The molecule has 0 saturated carbocycles. The van der Waals surface area contributed by atoms with E-state index in [0.717, 1.165) is 22.2 Å². The van der Waals surface area contributed by atoms with Crippen LogP contribution in [0.25, 0.3) is 22.3 Å². The van der Waals surface area contributed by atoms with E-state index in [2.05, 4.69) is 15.0 Å². The number of nitrogens with two attached hydrogens (primary N) is 1. The molecule has 88 valence electrons. The van der Waals surface area contributed by atoms with E-state index in [1.165, 1.54) is 0 Å². The lowest BCUT2D eigenvalue weighted by atomic mass is 10.1. The highest BCUT2D eigenvalue weighted by Gasteiger charge is 2.07. The van der Waals surface area contributed by atoms with Crippen molar-refractivity contribution >= 4 is 10.8 Å². The summed E-state index contributed by atoms with van der Waals surface area (Å²) in [5, 5.41) is 2.18. The molecule has 0 unspecified atom stereocenters. The van der Waals surface area contributed by atoms with E-state index in [1.807, 2.05) is 36.4 Å². The molecule has 3 rings (SSSR count). The molecule has 0 amide bonds. The van der Waals surface area contributed by atoms with Crippen LogP contribution in [0.4, 0.5) is 0 Å². The Morgan fingerprint density at radius 3 is 2.67 bits per heavy atom. The van der Waals surface area contributed by atoms with Crippen molar-refractivity contribution in [1.29, 1.82) is 0 Å². The Hall–Kier alpha value is -2.33. The molecule has 3 aromatic rings. The van der Waals surface area contributed by atoms with Crippen molar-refractivity contribution in [2.45, 2.75) is 6.54 Å². The minimum absolute atomic E-state index is 0.403. The normalized spacial score (nSPS) is 10.7. The summed E-state index contributed by atoms with van der Waals surface area (Å²) in [5.41, 5.74) is 7.21. The van der Waals surface area contributed by atoms with Crippen LogP contribution in [0, 0.1) is 0 Å². The number of nitrogens with zero attached hydrogens (tertiary/aromatic N) is 3. The van der Waals surface area contributed by atoms with Gasteiger partial charge in [-0.2, -0.15) is 0 Å². The van der Waals surface area contributed by atoms with Crippen molar-refractivity contribution in [3.05, 3.63) is 54.5 Å². The first-order valence-electron chi connectivity index (χ1n) is 5.74. The number of rotatable bonds is 2. The van der Waals surface area contributed by atoms with E-state index in [-0.39, 0.29) is 0 Å². The lowest BCUT2D eigenvalue weighted by Gasteiger charge is -2.05. The molecule has 0 radical (unpaired) electrons. The van der Waals surface area contributed by atoms with Gasteiger partial charge in [-0.3, -0.25) is 4.98 Å². The van der Waals surface area contributed by atoms with E-state index in [0.29, 0.717) is 12.4 Å². The monoisotopic (exact) mass is 236 g/mol. The van der Waals surface area contributed by atoms with Gasteiger partial charge < -0.3 is 5.73 Å². The molecule has 0 fully saturated rings. The van der Waals surface area contributed by atoms with Crippen LogP contribution >= 0.6 is 0 Å². The maximum absolute atomic E-state index is 5.60. The molecule has 2 heterocycles. The van der Waals surface area contributed by atoms with Crippen molar-refractivity contribution < 1.29 is 0 Å². The molecule has 0 bridgehead atoms. The number of benzene rings is 1. The average molecular weight is 236 g/mol. The first-order valence-corrected chi connectivity index (χ1v) is 5.74. The number of fused-ring (bicyclic) bond motifs is 1. The zero-order chi connectivity index (χ0) is 12.4. The Bertz CT molecular complexity index is 689. The molecule has 0 spiro atoms. The molecule has 2 aromatic heterocycles. The third-order valence-corrected chi connectivity index (χ3v) is 2.81. The quantitative estimate of drug-likeness (QED) is 0.740. The fourth-order valence-electron chi connectivity index (χ4n) is 1.92. The van der Waals surface area contributed by atoms with Crippen molar-refractivity contribution in [2.75, 3.05) is 0 Å². The lowest BCUT2D eigenvalue weighted by Crippen LogP contribution is -2.02. The Kier molecular flexibility index (Phi) is 2.70. The number of hydrogen-bond acceptors (Lipinski definition) is 4. The highest BCUT2D eigenvalue weighted by atomic mass is 14.9. The Labute approximate surface area is 105 Å². The van der Waals surface area contributed by atoms with Gasteiger partial charge in [0, 0.05) is 24.3 Å². The van der Waals surface area contributed by atoms with Gasteiger partial charge in [0.1, 0.15) is 5.69 Å². The van der Waals surface area contributed by atoms with Crippen LogP contribution in [-0.4, -0.2) is 15.0 Å². The molecule has 4 nitrogen and oxygen atoms in total. The largest absolute Gasteiger partial charge is 0.325 e. The average Bonchev–Trinajstić information content (AvgIpc) is 2.47. The van der Waals surface area contributed by atoms with E-state index in [4.69, 9.17) is 5.73 Å². The molecule has 2 N–H and O–H groups in total. The van der Waals surface area contributed by atoms with E-state index < -0.39 is 0 Å². The fraction of sp³-hybridized carbons (Fsp3) is 0.0714. The van der Waals surface area contributed by atoms with Crippen molar-refractivity contribution in [3.8, 4) is 11.5 Å². The molecular weight excluding hydrogens is 224 g/mol. The van der Waals surface area contributed by atoms with E-state index >= 15 is 0 Å². The summed E-state index contributed by atoms with van der Waals surface area (Å²) in [7, 11) is 0. The van der Waals surface area contributed by atoms with Gasteiger partial charge in [0.05, 0.1) is 5.69 Å². The van der Waals surface area contributed by atoms with Gasteiger partial charge in [-0.1, -0.05) is 24.3 Å². The van der Waals surface area contributed by atoms with Gasteiger partial charge in [-0.05, 0) is 17.5 Å². The van der Waals surface area contributed by atoms with Crippen LogP contribution < -0.4 is 5.73 Å². The highest BCUT2D eigenvalue weighted by Crippen LogP contribution is 2.23. The van der Waals surface area contributed by atoms with E-state index in [1.54, 1.807) is 12.4 Å². The second-order valence-corrected chi connectivity index (χ2v) is 3.96. The van der Waals surface area contributed by atoms with Crippen molar-refractivity contribution in [3.63, 3.8) is 0 Å². The second kappa shape index (κ2) is 4.50. The number of pyridine rings is 1.